The Morgan fingerprint density at radius 2 is 1.59 bits per heavy atom. The second kappa shape index (κ2) is 8.22. The van der Waals surface area contributed by atoms with E-state index in [1.165, 1.54) is 4.90 Å². The molecule has 0 radical (unpaired) electrons. The number of hydrogen-bond donors (Lipinski definition) is 2. The molecule has 1 unspecified atom stereocenters. The first-order chi connectivity index (χ1) is 9.80. The Morgan fingerprint density at radius 1 is 1.09 bits per heavy atom. The second-order valence-corrected chi connectivity index (χ2v) is 7.20. The number of alkyl carbamates (subject to hydrolysis) is 1. The highest BCUT2D eigenvalue weighted by molar-refractivity contribution is 5.69. The Morgan fingerprint density at radius 3 is 2.00 bits per heavy atom. The zero-order valence-electron chi connectivity index (χ0n) is 14.7. The highest BCUT2D eigenvalue weighted by atomic mass is 16.6. The summed E-state index contributed by atoms with van der Waals surface area (Å²) in [7, 11) is 0. The molecule has 2 N–H and O–H groups in total. The molecule has 0 aromatic heterocycles. The van der Waals surface area contributed by atoms with Crippen LogP contribution in [-0.2, 0) is 9.47 Å². The van der Waals surface area contributed by atoms with Crippen molar-refractivity contribution in [3.05, 3.63) is 0 Å². The number of hydrogen-bond acceptors (Lipinski definition) is 5. The van der Waals surface area contributed by atoms with Gasteiger partial charge in [-0.3, -0.25) is 0 Å². The Labute approximate surface area is 133 Å². The van der Waals surface area contributed by atoms with Gasteiger partial charge in [0.2, 0.25) is 0 Å². The van der Waals surface area contributed by atoms with Crippen LogP contribution >= 0.6 is 0 Å². The van der Waals surface area contributed by atoms with Crippen molar-refractivity contribution in [2.45, 2.75) is 65.8 Å². The predicted molar refractivity (Wildman–Crippen MR) is 83.7 cm³/mol. The number of aliphatic hydroxyl groups excluding tert-OH is 1. The molecular formula is C15H30N2O5. The van der Waals surface area contributed by atoms with E-state index in [1.807, 2.05) is 0 Å². The molecule has 22 heavy (non-hydrogen) atoms. The van der Waals surface area contributed by atoms with Gasteiger partial charge in [0.1, 0.15) is 11.2 Å². The zero-order valence-corrected chi connectivity index (χ0v) is 14.7. The number of amides is 2. The highest BCUT2D eigenvalue weighted by Gasteiger charge is 2.23. The van der Waals surface area contributed by atoms with Gasteiger partial charge < -0.3 is 24.8 Å². The number of nitrogens with zero attached hydrogens (tertiary/aromatic N) is 1. The molecule has 0 aliphatic rings. The number of carbonyl (C=O) groups is 2. The lowest BCUT2D eigenvalue weighted by Gasteiger charge is -2.28. The largest absolute Gasteiger partial charge is 0.444 e. The number of carbonyl (C=O) groups excluding carboxylic acids is 2. The van der Waals surface area contributed by atoms with Crippen LogP contribution in [0.1, 0.15) is 48.5 Å². The molecule has 0 bridgehead atoms. The molecule has 130 valence electrons. The fourth-order valence-electron chi connectivity index (χ4n) is 1.51. The summed E-state index contributed by atoms with van der Waals surface area (Å²) in [5.41, 5.74) is -1.19. The summed E-state index contributed by atoms with van der Waals surface area (Å²) in [6.45, 7) is 12.8. The second-order valence-electron chi connectivity index (χ2n) is 7.20. The van der Waals surface area contributed by atoms with Gasteiger partial charge in [-0.25, -0.2) is 9.59 Å². The lowest BCUT2D eigenvalue weighted by molar-refractivity contribution is 0.0155. The van der Waals surface area contributed by atoms with Gasteiger partial charge in [-0.1, -0.05) is 0 Å². The van der Waals surface area contributed by atoms with E-state index in [1.54, 1.807) is 48.5 Å². The number of rotatable bonds is 5. The van der Waals surface area contributed by atoms with Crippen molar-refractivity contribution in [2.24, 2.45) is 0 Å². The van der Waals surface area contributed by atoms with Crippen molar-refractivity contribution in [1.29, 1.82) is 0 Å². The van der Waals surface area contributed by atoms with Gasteiger partial charge >= 0.3 is 12.2 Å². The molecule has 0 aliphatic heterocycles. The van der Waals surface area contributed by atoms with E-state index < -0.39 is 29.5 Å². The fraction of sp³-hybridized carbons (Fsp3) is 0.867. The van der Waals surface area contributed by atoms with Gasteiger partial charge in [0, 0.05) is 19.6 Å². The predicted octanol–water partition coefficient (Wildman–Crippen LogP) is 2.13. The summed E-state index contributed by atoms with van der Waals surface area (Å²) in [5, 5.41) is 12.0. The van der Waals surface area contributed by atoms with Crippen LogP contribution in [-0.4, -0.2) is 59.1 Å². The molecule has 0 rings (SSSR count). The monoisotopic (exact) mass is 318 g/mol. The van der Waals surface area contributed by atoms with Gasteiger partial charge in [-0.05, 0) is 48.5 Å². The molecule has 0 spiro atoms. The minimum Gasteiger partial charge on any atom is -0.444 e. The Kier molecular flexibility index (Phi) is 7.66. The summed E-state index contributed by atoms with van der Waals surface area (Å²) >= 11 is 0. The zero-order chi connectivity index (χ0) is 17.6. The molecule has 0 fully saturated rings. The van der Waals surface area contributed by atoms with E-state index in [0.717, 1.165) is 0 Å². The molecular weight excluding hydrogens is 288 g/mol. The molecule has 0 saturated heterocycles. The quantitative estimate of drug-likeness (QED) is 0.810. The normalized spacial score (nSPS) is 13.3. The Balaban J connectivity index is 4.43. The molecule has 2 amide bonds. The first-order valence-electron chi connectivity index (χ1n) is 7.43. The van der Waals surface area contributed by atoms with E-state index in [9.17, 15) is 14.7 Å². The third-order valence-corrected chi connectivity index (χ3v) is 2.19. The number of aliphatic hydroxyl groups is 1. The first kappa shape index (κ1) is 20.5. The van der Waals surface area contributed by atoms with Crippen molar-refractivity contribution in [1.82, 2.24) is 10.2 Å². The maximum absolute atomic E-state index is 12.0. The molecule has 0 aliphatic carbocycles. The smallest absolute Gasteiger partial charge is 0.410 e. The third kappa shape index (κ3) is 11.2. The first-order valence-corrected chi connectivity index (χ1v) is 7.43. The van der Waals surface area contributed by atoms with Gasteiger partial charge in [-0.2, -0.15) is 0 Å². The molecule has 0 aromatic rings. The summed E-state index contributed by atoms with van der Waals surface area (Å²) in [6, 6.07) is 0. The average molecular weight is 318 g/mol. The average Bonchev–Trinajstić information content (AvgIpc) is 2.21. The SMILES string of the molecule is CC(O)CN(CCNC(=O)OC(C)(C)C)C(=O)OC(C)(C)C. The topological polar surface area (TPSA) is 88.1 Å². The summed E-state index contributed by atoms with van der Waals surface area (Å²) in [4.78, 5) is 24.9. The molecule has 1 atom stereocenters. The highest BCUT2D eigenvalue weighted by Crippen LogP contribution is 2.10. The Hall–Kier alpha value is -1.50. The van der Waals surface area contributed by atoms with Crippen LogP contribution in [0, 0.1) is 0 Å². The summed E-state index contributed by atoms with van der Waals surface area (Å²) in [6.07, 6.45) is -1.76. The standard InChI is InChI=1S/C15H30N2O5/c1-11(18)10-17(13(20)22-15(5,6)7)9-8-16-12(19)21-14(2,3)4/h11,18H,8-10H2,1-7H3,(H,16,19). The lowest BCUT2D eigenvalue weighted by atomic mass is 10.2. The molecule has 7 heteroatoms. The van der Waals surface area contributed by atoms with Crippen molar-refractivity contribution >= 4 is 12.2 Å². The van der Waals surface area contributed by atoms with Crippen LogP contribution in [0.5, 0.6) is 0 Å². The minimum atomic E-state index is -0.686. The Bertz CT molecular complexity index is 369. The van der Waals surface area contributed by atoms with Crippen LogP contribution in [0.25, 0.3) is 0 Å². The van der Waals surface area contributed by atoms with Crippen molar-refractivity contribution in [3.8, 4) is 0 Å². The van der Waals surface area contributed by atoms with Crippen LogP contribution in [0.3, 0.4) is 0 Å². The summed E-state index contributed by atoms with van der Waals surface area (Å²) < 4.78 is 10.4. The molecule has 0 aromatic carbocycles. The van der Waals surface area contributed by atoms with Crippen molar-refractivity contribution < 1.29 is 24.2 Å². The number of nitrogens with one attached hydrogen (secondary N) is 1. The van der Waals surface area contributed by atoms with Gasteiger partial charge in [0.25, 0.3) is 0 Å². The van der Waals surface area contributed by atoms with Crippen molar-refractivity contribution in [3.63, 3.8) is 0 Å². The fourth-order valence-corrected chi connectivity index (χ4v) is 1.51. The third-order valence-electron chi connectivity index (χ3n) is 2.19. The molecule has 0 heterocycles. The van der Waals surface area contributed by atoms with Crippen LogP contribution in [0.4, 0.5) is 9.59 Å². The van der Waals surface area contributed by atoms with Crippen molar-refractivity contribution in [2.75, 3.05) is 19.6 Å². The summed E-state index contributed by atoms with van der Waals surface area (Å²) in [5.74, 6) is 0. The number of ether oxygens (including phenoxy) is 2. The van der Waals surface area contributed by atoms with Crippen LogP contribution < -0.4 is 5.32 Å². The maximum Gasteiger partial charge on any atom is 0.410 e. The van der Waals surface area contributed by atoms with E-state index in [2.05, 4.69) is 5.32 Å². The van der Waals surface area contributed by atoms with E-state index in [4.69, 9.17) is 9.47 Å². The molecule has 0 saturated carbocycles. The van der Waals surface area contributed by atoms with E-state index in [-0.39, 0.29) is 19.6 Å². The minimum absolute atomic E-state index is 0.130. The van der Waals surface area contributed by atoms with Crippen LogP contribution in [0.2, 0.25) is 0 Å². The van der Waals surface area contributed by atoms with Gasteiger partial charge in [-0.15, -0.1) is 0 Å². The van der Waals surface area contributed by atoms with Gasteiger partial charge in [0.15, 0.2) is 0 Å². The maximum atomic E-state index is 12.0. The van der Waals surface area contributed by atoms with Gasteiger partial charge in [0.05, 0.1) is 6.10 Å². The van der Waals surface area contributed by atoms with E-state index >= 15 is 0 Å². The van der Waals surface area contributed by atoms with E-state index in [0.29, 0.717) is 0 Å². The lowest BCUT2D eigenvalue weighted by Crippen LogP contribution is -2.44. The van der Waals surface area contributed by atoms with Crippen LogP contribution in [0.15, 0.2) is 0 Å². The molecule has 7 nitrogen and oxygen atoms in total.